The van der Waals surface area contributed by atoms with Crippen molar-refractivity contribution in [2.45, 2.75) is 44.2 Å². The lowest BCUT2D eigenvalue weighted by Gasteiger charge is -2.40. The SMILES string of the molecule is COC1CC(NC(=O)C2(C(=O)O)CCC2)C1. The summed E-state index contributed by atoms with van der Waals surface area (Å²) in [7, 11) is 1.65. The molecule has 0 spiro atoms. The highest BCUT2D eigenvalue weighted by Crippen LogP contribution is 2.42. The summed E-state index contributed by atoms with van der Waals surface area (Å²) in [6.07, 6.45) is 3.55. The van der Waals surface area contributed by atoms with E-state index in [1.807, 2.05) is 0 Å². The maximum absolute atomic E-state index is 11.9. The molecular weight excluding hydrogens is 210 g/mol. The molecule has 5 heteroatoms. The van der Waals surface area contributed by atoms with Crippen LogP contribution in [0.1, 0.15) is 32.1 Å². The van der Waals surface area contributed by atoms with Crippen LogP contribution >= 0.6 is 0 Å². The minimum Gasteiger partial charge on any atom is -0.480 e. The van der Waals surface area contributed by atoms with Crippen molar-refractivity contribution in [1.29, 1.82) is 0 Å². The van der Waals surface area contributed by atoms with E-state index < -0.39 is 11.4 Å². The number of ether oxygens (including phenoxy) is 1. The molecule has 2 saturated carbocycles. The summed E-state index contributed by atoms with van der Waals surface area (Å²) < 4.78 is 5.10. The van der Waals surface area contributed by atoms with Crippen molar-refractivity contribution in [3.8, 4) is 0 Å². The molecule has 5 nitrogen and oxygen atoms in total. The smallest absolute Gasteiger partial charge is 0.319 e. The Hall–Kier alpha value is -1.10. The second-order valence-corrected chi connectivity index (χ2v) is 4.74. The molecule has 0 bridgehead atoms. The van der Waals surface area contributed by atoms with Gasteiger partial charge in [0.25, 0.3) is 0 Å². The summed E-state index contributed by atoms with van der Waals surface area (Å²) in [6, 6.07) is 0.0919. The zero-order valence-corrected chi connectivity index (χ0v) is 9.36. The topological polar surface area (TPSA) is 75.6 Å². The standard InChI is InChI=1S/C11H17NO4/c1-16-8-5-7(6-8)12-9(13)11(10(14)15)3-2-4-11/h7-8H,2-6H2,1H3,(H,12,13)(H,14,15). The lowest BCUT2D eigenvalue weighted by atomic mass is 9.67. The third kappa shape index (κ3) is 1.69. The van der Waals surface area contributed by atoms with Crippen LogP contribution in [0, 0.1) is 5.41 Å². The first-order valence-corrected chi connectivity index (χ1v) is 5.65. The summed E-state index contributed by atoms with van der Waals surface area (Å²) in [5.74, 6) is -1.30. The first-order valence-electron chi connectivity index (χ1n) is 5.65. The van der Waals surface area contributed by atoms with E-state index in [2.05, 4.69) is 5.32 Å². The number of amides is 1. The van der Waals surface area contributed by atoms with Crippen LogP contribution in [0.2, 0.25) is 0 Å². The predicted molar refractivity (Wildman–Crippen MR) is 55.9 cm³/mol. The van der Waals surface area contributed by atoms with Crippen LogP contribution in [0.25, 0.3) is 0 Å². The van der Waals surface area contributed by atoms with Crippen LogP contribution in [-0.4, -0.2) is 36.2 Å². The minimum atomic E-state index is -1.14. The minimum absolute atomic E-state index is 0.0919. The van der Waals surface area contributed by atoms with Crippen molar-refractivity contribution >= 4 is 11.9 Å². The molecule has 0 radical (unpaired) electrons. The van der Waals surface area contributed by atoms with Crippen molar-refractivity contribution in [1.82, 2.24) is 5.32 Å². The molecule has 0 aromatic heterocycles. The molecule has 0 aliphatic heterocycles. The van der Waals surface area contributed by atoms with Crippen molar-refractivity contribution in [3.63, 3.8) is 0 Å². The second-order valence-electron chi connectivity index (χ2n) is 4.74. The molecule has 90 valence electrons. The van der Waals surface area contributed by atoms with Gasteiger partial charge in [-0.25, -0.2) is 0 Å². The van der Waals surface area contributed by atoms with Gasteiger partial charge in [0.15, 0.2) is 0 Å². The normalized spacial score (nSPS) is 31.1. The van der Waals surface area contributed by atoms with E-state index in [-0.39, 0.29) is 18.1 Å². The maximum Gasteiger partial charge on any atom is 0.319 e. The molecule has 2 fully saturated rings. The number of carboxylic acids is 1. The number of hydrogen-bond donors (Lipinski definition) is 2. The van der Waals surface area contributed by atoms with Crippen LogP contribution < -0.4 is 5.32 Å². The van der Waals surface area contributed by atoms with Crippen LogP contribution in [0.5, 0.6) is 0 Å². The van der Waals surface area contributed by atoms with Crippen molar-refractivity contribution in [2.75, 3.05) is 7.11 Å². The molecule has 2 aliphatic carbocycles. The van der Waals surface area contributed by atoms with E-state index in [0.717, 1.165) is 19.3 Å². The number of carbonyl (C=O) groups is 2. The van der Waals surface area contributed by atoms with Gasteiger partial charge in [-0.3, -0.25) is 9.59 Å². The van der Waals surface area contributed by atoms with Gasteiger partial charge in [-0.2, -0.15) is 0 Å². The number of carboxylic acid groups (broad SMARTS) is 1. The Morgan fingerprint density at radius 2 is 2.00 bits per heavy atom. The van der Waals surface area contributed by atoms with Gasteiger partial charge < -0.3 is 15.2 Å². The summed E-state index contributed by atoms with van der Waals surface area (Å²) in [6.45, 7) is 0. The fourth-order valence-electron chi connectivity index (χ4n) is 2.27. The van der Waals surface area contributed by atoms with E-state index >= 15 is 0 Å². The number of rotatable bonds is 4. The first kappa shape index (κ1) is 11.4. The summed E-state index contributed by atoms with van der Waals surface area (Å²) >= 11 is 0. The third-order valence-electron chi connectivity index (χ3n) is 3.81. The fraction of sp³-hybridized carbons (Fsp3) is 0.818. The Morgan fingerprint density at radius 3 is 2.38 bits per heavy atom. The van der Waals surface area contributed by atoms with E-state index in [9.17, 15) is 9.59 Å². The maximum atomic E-state index is 11.9. The molecule has 16 heavy (non-hydrogen) atoms. The average Bonchev–Trinajstić information content (AvgIpc) is 2.07. The van der Waals surface area contributed by atoms with Gasteiger partial charge in [0, 0.05) is 13.2 Å². The number of aliphatic carboxylic acids is 1. The van der Waals surface area contributed by atoms with Crippen molar-refractivity contribution in [3.05, 3.63) is 0 Å². The summed E-state index contributed by atoms with van der Waals surface area (Å²) in [5.41, 5.74) is -1.14. The van der Waals surface area contributed by atoms with Gasteiger partial charge in [0.2, 0.25) is 5.91 Å². The number of hydrogen-bond acceptors (Lipinski definition) is 3. The highest BCUT2D eigenvalue weighted by molar-refractivity contribution is 6.02. The Kier molecular flexibility index (Phi) is 2.88. The van der Waals surface area contributed by atoms with E-state index in [1.54, 1.807) is 7.11 Å². The van der Waals surface area contributed by atoms with Crippen LogP contribution in [-0.2, 0) is 14.3 Å². The molecule has 2 N–H and O–H groups in total. The number of nitrogens with one attached hydrogen (secondary N) is 1. The Bertz CT molecular complexity index is 305. The van der Waals surface area contributed by atoms with Gasteiger partial charge in [-0.1, -0.05) is 6.42 Å². The Labute approximate surface area is 94.2 Å². The molecule has 0 aromatic rings. The van der Waals surface area contributed by atoms with Gasteiger partial charge in [-0.05, 0) is 25.7 Å². The lowest BCUT2D eigenvalue weighted by molar-refractivity contribution is -0.162. The molecule has 0 aromatic carbocycles. The van der Waals surface area contributed by atoms with Crippen LogP contribution in [0.4, 0.5) is 0 Å². The van der Waals surface area contributed by atoms with Crippen molar-refractivity contribution in [2.24, 2.45) is 5.41 Å². The van der Waals surface area contributed by atoms with E-state index in [4.69, 9.17) is 9.84 Å². The average molecular weight is 227 g/mol. The van der Waals surface area contributed by atoms with Crippen LogP contribution in [0.3, 0.4) is 0 Å². The zero-order chi connectivity index (χ0) is 11.8. The third-order valence-corrected chi connectivity index (χ3v) is 3.81. The van der Waals surface area contributed by atoms with Gasteiger partial charge >= 0.3 is 5.97 Å². The highest BCUT2D eigenvalue weighted by Gasteiger charge is 2.52. The van der Waals surface area contributed by atoms with Gasteiger partial charge in [0.05, 0.1) is 6.10 Å². The molecule has 2 aliphatic rings. The molecular formula is C11H17NO4. The molecule has 0 heterocycles. The van der Waals surface area contributed by atoms with E-state index in [1.165, 1.54) is 0 Å². The molecule has 1 amide bonds. The molecule has 0 atom stereocenters. The highest BCUT2D eigenvalue weighted by atomic mass is 16.5. The van der Waals surface area contributed by atoms with Crippen LogP contribution in [0.15, 0.2) is 0 Å². The monoisotopic (exact) mass is 227 g/mol. The lowest BCUT2D eigenvalue weighted by Crippen LogP contribution is -2.56. The Balaban J connectivity index is 1.86. The Morgan fingerprint density at radius 1 is 1.38 bits per heavy atom. The molecule has 0 saturated heterocycles. The largest absolute Gasteiger partial charge is 0.480 e. The molecule has 0 unspecified atom stereocenters. The van der Waals surface area contributed by atoms with Gasteiger partial charge in [-0.15, -0.1) is 0 Å². The quantitative estimate of drug-likeness (QED) is 0.687. The number of carbonyl (C=O) groups excluding carboxylic acids is 1. The second kappa shape index (κ2) is 4.05. The van der Waals surface area contributed by atoms with Crippen molar-refractivity contribution < 1.29 is 19.4 Å². The zero-order valence-electron chi connectivity index (χ0n) is 9.36. The summed E-state index contributed by atoms with van der Waals surface area (Å²) in [5, 5.41) is 11.9. The fourth-order valence-corrected chi connectivity index (χ4v) is 2.27. The summed E-state index contributed by atoms with van der Waals surface area (Å²) in [4.78, 5) is 22.9. The van der Waals surface area contributed by atoms with Gasteiger partial charge in [0.1, 0.15) is 5.41 Å². The van der Waals surface area contributed by atoms with E-state index in [0.29, 0.717) is 12.8 Å². The first-order chi connectivity index (χ1) is 7.58. The molecule has 2 rings (SSSR count). The predicted octanol–water partition coefficient (Wildman–Crippen LogP) is 0.535. The number of methoxy groups -OCH3 is 1.